The second kappa shape index (κ2) is 12.5. The number of β-amino-alcohol motifs (C(OH)–C–C–N with tert-alkyl or cyclic N) is 1. The summed E-state index contributed by atoms with van der Waals surface area (Å²) in [5, 5.41) is 10.1. The van der Waals surface area contributed by atoms with E-state index in [9.17, 15) is 27.9 Å². The van der Waals surface area contributed by atoms with Crippen molar-refractivity contribution in [2.75, 3.05) is 39.9 Å². The van der Waals surface area contributed by atoms with E-state index in [1.165, 1.54) is 38.1 Å². The first kappa shape index (κ1) is 31.7. The fourth-order valence-corrected chi connectivity index (χ4v) is 5.49. The molecule has 2 heterocycles. The third kappa shape index (κ3) is 6.86. The average Bonchev–Trinajstić information content (AvgIpc) is 3.32. The Morgan fingerprint density at radius 2 is 1.71 bits per heavy atom. The SMILES string of the molecule is COC(=O)[C@@H]1C[C@@H](O)CN1C(=O)c1c(F)cccc1-c1ccc(OCC2CCN(CC(C)(C)C(F)(F)F)CC2)cc1F. The number of carbonyl (C=O) groups is 2. The molecule has 2 aromatic carbocycles. The molecule has 1 amide bonds. The van der Waals surface area contributed by atoms with Crippen LogP contribution < -0.4 is 4.74 Å². The van der Waals surface area contributed by atoms with Gasteiger partial charge in [-0.1, -0.05) is 12.1 Å². The number of alkyl halides is 3. The van der Waals surface area contributed by atoms with Crippen LogP contribution in [0.4, 0.5) is 22.0 Å². The van der Waals surface area contributed by atoms with Crippen LogP contribution in [-0.4, -0.2) is 85.0 Å². The van der Waals surface area contributed by atoms with E-state index in [2.05, 4.69) is 0 Å². The summed E-state index contributed by atoms with van der Waals surface area (Å²) in [4.78, 5) is 28.4. The first-order valence-electron chi connectivity index (χ1n) is 13.8. The van der Waals surface area contributed by atoms with E-state index in [0.717, 1.165) is 24.1 Å². The van der Waals surface area contributed by atoms with Crippen molar-refractivity contribution in [3.8, 4) is 16.9 Å². The van der Waals surface area contributed by atoms with Gasteiger partial charge in [-0.25, -0.2) is 13.6 Å². The van der Waals surface area contributed by atoms with Crippen molar-refractivity contribution < 1.29 is 46.1 Å². The van der Waals surface area contributed by atoms with Crippen molar-refractivity contribution in [2.24, 2.45) is 11.3 Å². The first-order chi connectivity index (χ1) is 19.7. The van der Waals surface area contributed by atoms with E-state index in [0.29, 0.717) is 25.9 Å². The second-order valence-electron chi connectivity index (χ2n) is 11.6. The normalized spacial score (nSPS) is 20.5. The zero-order valence-corrected chi connectivity index (χ0v) is 23.7. The standard InChI is InChI=1S/C30H35F5N2O5/c1-29(2,30(33,34)35)17-36-11-9-18(10-12-36)16-42-20-7-8-21(24(32)14-20)22-5-4-6-23(31)26(22)27(39)37-15-19(38)13-25(37)28(40)41-3/h4-8,14,18-19,25,38H,9-13,15-17H2,1-3H3/t19-,25+/m1/s1. The molecule has 2 aliphatic rings. The summed E-state index contributed by atoms with van der Waals surface area (Å²) in [5.41, 5.74) is -2.32. The monoisotopic (exact) mass is 598 g/mol. The minimum absolute atomic E-state index is 0.0248. The molecule has 0 saturated carbocycles. The van der Waals surface area contributed by atoms with Crippen molar-refractivity contribution in [3.63, 3.8) is 0 Å². The number of aliphatic hydroxyl groups is 1. The van der Waals surface area contributed by atoms with Gasteiger partial charge in [0.25, 0.3) is 5.91 Å². The summed E-state index contributed by atoms with van der Waals surface area (Å²) < 4.78 is 80.6. The Bertz CT molecular complexity index is 1290. The third-order valence-corrected chi connectivity index (χ3v) is 8.05. The molecule has 2 fully saturated rings. The van der Waals surface area contributed by atoms with Gasteiger partial charge >= 0.3 is 12.1 Å². The summed E-state index contributed by atoms with van der Waals surface area (Å²) in [7, 11) is 1.14. The number of amides is 1. The number of nitrogens with zero attached hydrogens (tertiary/aromatic N) is 2. The topological polar surface area (TPSA) is 79.3 Å². The summed E-state index contributed by atoms with van der Waals surface area (Å²) >= 11 is 0. The molecule has 230 valence electrons. The van der Waals surface area contributed by atoms with E-state index in [-0.39, 0.29) is 48.9 Å². The number of methoxy groups -OCH3 is 1. The third-order valence-electron chi connectivity index (χ3n) is 8.05. The van der Waals surface area contributed by atoms with Crippen LogP contribution in [0.5, 0.6) is 5.75 Å². The number of aliphatic hydroxyl groups excluding tert-OH is 1. The summed E-state index contributed by atoms with van der Waals surface area (Å²) in [6.07, 6.45) is -4.07. The maximum atomic E-state index is 15.3. The molecule has 0 aromatic heterocycles. The Labute approximate surface area is 241 Å². The molecular weight excluding hydrogens is 563 g/mol. The maximum Gasteiger partial charge on any atom is 0.395 e. The number of piperidine rings is 1. The van der Waals surface area contributed by atoms with E-state index < -0.39 is 52.8 Å². The van der Waals surface area contributed by atoms with Crippen LogP contribution in [0.2, 0.25) is 0 Å². The van der Waals surface area contributed by atoms with Crippen LogP contribution in [0.25, 0.3) is 11.1 Å². The highest BCUT2D eigenvalue weighted by molar-refractivity contribution is 6.03. The van der Waals surface area contributed by atoms with Crippen LogP contribution in [-0.2, 0) is 9.53 Å². The van der Waals surface area contributed by atoms with Crippen molar-refractivity contribution in [1.82, 2.24) is 9.80 Å². The van der Waals surface area contributed by atoms with Crippen LogP contribution in [0.1, 0.15) is 43.5 Å². The summed E-state index contributed by atoms with van der Waals surface area (Å²) in [6.45, 7) is 3.36. The van der Waals surface area contributed by atoms with E-state index >= 15 is 8.78 Å². The van der Waals surface area contributed by atoms with E-state index in [1.54, 1.807) is 4.90 Å². The molecule has 1 N–H and O–H groups in total. The zero-order chi connectivity index (χ0) is 30.8. The number of rotatable bonds is 8. The van der Waals surface area contributed by atoms with Crippen LogP contribution in [0.15, 0.2) is 36.4 Å². The molecule has 2 saturated heterocycles. The van der Waals surface area contributed by atoms with Crippen molar-refractivity contribution in [2.45, 2.75) is 51.4 Å². The minimum atomic E-state index is -4.29. The lowest BCUT2D eigenvalue weighted by Gasteiger charge is -2.38. The summed E-state index contributed by atoms with van der Waals surface area (Å²) in [5.74, 6) is -2.99. The Balaban J connectivity index is 1.43. The van der Waals surface area contributed by atoms with Gasteiger partial charge in [0.05, 0.1) is 30.8 Å². The smallest absolute Gasteiger partial charge is 0.395 e. The molecule has 0 bridgehead atoms. The fourth-order valence-electron chi connectivity index (χ4n) is 5.49. The quantitative estimate of drug-likeness (QED) is 0.338. The van der Waals surface area contributed by atoms with Gasteiger partial charge in [0.15, 0.2) is 0 Å². The van der Waals surface area contributed by atoms with Gasteiger partial charge in [0.1, 0.15) is 23.4 Å². The molecule has 0 unspecified atom stereocenters. The fraction of sp³-hybridized carbons (Fsp3) is 0.533. The number of hydrogen-bond acceptors (Lipinski definition) is 6. The lowest BCUT2D eigenvalue weighted by atomic mass is 9.89. The number of likely N-dealkylation sites (tertiary alicyclic amines) is 2. The molecule has 2 atom stereocenters. The van der Waals surface area contributed by atoms with Crippen molar-refractivity contribution >= 4 is 11.9 Å². The Morgan fingerprint density at radius 1 is 1.02 bits per heavy atom. The molecule has 7 nitrogen and oxygen atoms in total. The number of ether oxygens (including phenoxy) is 2. The molecule has 12 heteroatoms. The number of halogens is 5. The van der Waals surface area contributed by atoms with Gasteiger partial charge in [-0.05, 0) is 63.9 Å². The van der Waals surface area contributed by atoms with Crippen LogP contribution in [0, 0.1) is 23.0 Å². The van der Waals surface area contributed by atoms with Gasteiger partial charge in [-0.3, -0.25) is 4.79 Å². The second-order valence-corrected chi connectivity index (χ2v) is 11.6. The molecule has 2 aliphatic heterocycles. The molecule has 0 spiro atoms. The Kier molecular flexibility index (Phi) is 9.46. The van der Waals surface area contributed by atoms with E-state index in [1.807, 2.05) is 0 Å². The van der Waals surface area contributed by atoms with Crippen LogP contribution >= 0.6 is 0 Å². The highest BCUT2D eigenvalue weighted by Gasteiger charge is 2.48. The van der Waals surface area contributed by atoms with E-state index in [4.69, 9.17) is 9.47 Å². The van der Waals surface area contributed by atoms with Gasteiger partial charge in [-0.2, -0.15) is 13.2 Å². The molecule has 4 rings (SSSR count). The summed E-state index contributed by atoms with van der Waals surface area (Å²) in [6, 6.07) is 6.68. The highest BCUT2D eigenvalue weighted by atomic mass is 19.4. The highest BCUT2D eigenvalue weighted by Crippen LogP contribution is 2.39. The molecule has 0 aliphatic carbocycles. The number of esters is 1. The van der Waals surface area contributed by atoms with Gasteiger partial charge < -0.3 is 24.4 Å². The van der Waals surface area contributed by atoms with Crippen molar-refractivity contribution in [1.29, 1.82) is 0 Å². The Morgan fingerprint density at radius 3 is 2.33 bits per heavy atom. The molecule has 0 radical (unpaired) electrons. The van der Waals surface area contributed by atoms with Gasteiger partial charge in [0, 0.05) is 36.7 Å². The van der Waals surface area contributed by atoms with Gasteiger partial charge in [0.2, 0.25) is 0 Å². The predicted molar refractivity (Wildman–Crippen MR) is 144 cm³/mol. The maximum absolute atomic E-state index is 15.3. The molecule has 2 aromatic rings. The molecular formula is C30H35F5N2O5. The number of benzene rings is 2. The Hall–Kier alpha value is -3.25. The lowest BCUT2D eigenvalue weighted by Crippen LogP contribution is -2.46. The zero-order valence-electron chi connectivity index (χ0n) is 23.7. The van der Waals surface area contributed by atoms with Crippen molar-refractivity contribution in [3.05, 3.63) is 53.6 Å². The largest absolute Gasteiger partial charge is 0.493 e. The number of hydrogen-bond donors (Lipinski definition) is 1. The predicted octanol–water partition coefficient (Wildman–Crippen LogP) is 5.06. The lowest BCUT2D eigenvalue weighted by molar-refractivity contribution is -0.217. The van der Waals surface area contributed by atoms with Crippen LogP contribution in [0.3, 0.4) is 0 Å². The molecule has 42 heavy (non-hydrogen) atoms. The van der Waals surface area contributed by atoms with Gasteiger partial charge in [-0.15, -0.1) is 0 Å². The number of carbonyl (C=O) groups excluding carboxylic acids is 2. The first-order valence-corrected chi connectivity index (χ1v) is 13.8. The average molecular weight is 599 g/mol. The minimum Gasteiger partial charge on any atom is -0.493 e.